The molecule has 0 radical (unpaired) electrons. The van der Waals surface area contributed by atoms with Gasteiger partial charge >= 0.3 is 7.05 Å². The minimum atomic E-state index is 0.0296. The fraction of sp³-hybridized carbons (Fsp3) is 0.238. The number of fused-ring (bicyclic) bond motifs is 6. The van der Waals surface area contributed by atoms with Crippen LogP contribution in [-0.2, 0) is 10.1 Å². The first kappa shape index (κ1) is 14.1. The van der Waals surface area contributed by atoms with E-state index in [1.165, 1.54) is 33.5 Å². The maximum absolute atomic E-state index is 5.92. The summed E-state index contributed by atoms with van der Waals surface area (Å²) in [6, 6.07) is 13.8. The van der Waals surface area contributed by atoms with Gasteiger partial charge in [-0.15, -0.1) is 6.58 Å². The highest BCUT2D eigenvalue weighted by atomic mass is 16.5. The van der Waals surface area contributed by atoms with Crippen molar-refractivity contribution in [2.75, 3.05) is 11.4 Å². The molecular formula is C21H20BNO. The van der Waals surface area contributed by atoms with Gasteiger partial charge in [0.05, 0.1) is 12.6 Å². The summed E-state index contributed by atoms with van der Waals surface area (Å²) >= 11 is 0. The standard InChI is InChI=1S/C21H20BNO/c1-4-15-13-24-22-10-9-14-11-17-16-7-5-6-8-18(16)21(2,3)19(17)12-20(14)23(15)22/h4-12,15H,1,13H2,2-3H3/t15-/m0/s1. The molecule has 2 aromatic rings. The number of anilines is 1. The van der Waals surface area contributed by atoms with E-state index in [-0.39, 0.29) is 18.5 Å². The zero-order chi connectivity index (χ0) is 16.5. The van der Waals surface area contributed by atoms with E-state index in [1.54, 1.807) is 0 Å². The highest BCUT2D eigenvalue weighted by molar-refractivity contribution is 6.64. The summed E-state index contributed by atoms with van der Waals surface area (Å²) in [5.74, 6) is 2.16. The zero-order valence-electron chi connectivity index (χ0n) is 14.1. The molecule has 1 aliphatic carbocycles. The molecule has 0 bridgehead atoms. The van der Waals surface area contributed by atoms with Crippen molar-refractivity contribution in [3.8, 4) is 11.1 Å². The van der Waals surface area contributed by atoms with Gasteiger partial charge in [0, 0.05) is 11.1 Å². The van der Waals surface area contributed by atoms with Crippen molar-refractivity contribution in [2.45, 2.75) is 25.3 Å². The van der Waals surface area contributed by atoms with Crippen molar-refractivity contribution >= 4 is 18.8 Å². The number of benzene rings is 2. The third-order valence-electron chi connectivity index (χ3n) is 5.79. The van der Waals surface area contributed by atoms with Crippen LogP contribution in [-0.4, -0.2) is 19.7 Å². The second-order valence-corrected chi connectivity index (χ2v) is 7.42. The van der Waals surface area contributed by atoms with E-state index in [1.807, 2.05) is 6.08 Å². The molecule has 2 aliphatic heterocycles. The summed E-state index contributed by atoms with van der Waals surface area (Å²) in [7, 11) is 0.0328. The van der Waals surface area contributed by atoms with Gasteiger partial charge in [0.2, 0.25) is 0 Å². The topological polar surface area (TPSA) is 12.5 Å². The predicted molar refractivity (Wildman–Crippen MR) is 101 cm³/mol. The summed E-state index contributed by atoms with van der Waals surface area (Å²) in [6.07, 6.45) is 4.20. The summed E-state index contributed by atoms with van der Waals surface area (Å²) in [6.45, 7) is 9.35. The molecule has 1 saturated heterocycles. The molecule has 0 unspecified atom stereocenters. The first-order valence-electron chi connectivity index (χ1n) is 8.60. The first-order valence-corrected chi connectivity index (χ1v) is 8.60. The fourth-order valence-corrected chi connectivity index (χ4v) is 4.49. The van der Waals surface area contributed by atoms with Crippen LogP contribution in [0, 0.1) is 0 Å². The monoisotopic (exact) mass is 313 g/mol. The lowest BCUT2D eigenvalue weighted by atomic mass is 9.74. The van der Waals surface area contributed by atoms with E-state index in [2.05, 4.69) is 73.7 Å². The summed E-state index contributed by atoms with van der Waals surface area (Å²) in [5, 5.41) is 0. The molecule has 0 spiro atoms. The molecule has 3 heteroatoms. The van der Waals surface area contributed by atoms with E-state index >= 15 is 0 Å². The van der Waals surface area contributed by atoms with Gasteiger partial charge in [0.15, 0.2) is 0 Å². The van der Waals surface area contributed by atoms with E-state index < -0.39 is 0 Å². The summed E-state index contributed by atoms with van der Waals surface area (Å²) in [4.78, 5) is 2.36. The van der Waals surface area contributed by atoms with Crippen LogP contribution in [0.3, 0.4) is 0 Å². The third kappa shape index (κ3) is 1.66. The average Bonchev–Trinajstić information content (AvgIpc) is 3.12. The maximum Gasteiger partial charge on any atom is 0.444 e. The Kier molecular flexibility index (Phi) is 2.73. The van der Waals surface area contributed by atoms with E-state index in [0.717, 1.165) is 0 Å². The molecule has 0 amide bonds. The quantitative estimate of drug-likeness (QED) is 0.570. The van der Waals surface area contributed by atoms with Gasteiger partial charge in [0.1, 0.15) is 0 Å². The Bertz CT molecular complexity index is 899. The van der Waals surface area contributed by atoms with Gasteiger partial charge in [-0.2, -0.15) is 0 Å². The van der Waals surface area contributed by atoms with Gasteiger partial charge in [-0.1, -0.05) is 56.2 Å². The van der Waals surface area contributed by atoms with Crippen LogP contribution >= 0.6 is 0 Å². The van der Waals surface area contributed by atoms with Crippen molar-refractivity contribution in [3.05, 3.63) is 71.7 Å². The second kappa shape index (κ2) is 4.64. The minimum absolute atomic E-state index is 0.0296. The van der Waals surface area contributed by atoms with Gasteiger partial charge in [-0.3, -0.25) is 0 Å². The molecular weight excluding hydrogens is 293 g/mol. The molecule has 1 fully saturated rings. The van der Waals surface area contributed by atoms with Gasteiger partial charge < -0.3 is 9.47 Å². The fourth-order valence-electron chi connectivity index (χ4n) is 4.49. The largest absolute Gasteiger partial charge is 0.444 e. The van der Waals surface area contributed by atoms with Crippen LogP contribution in [0.1, 0.15) is 30.5 Å². The van der Waals surface area contributed by atoms with Gasteiger partial charge in [-0.25, -0.2) is 0 Å². The molecule has 24 heavy (non-hydrogen) atoms. The number of hydrogen-bond donors (Lipinski definition) is 0. The predicted octanol–water partition coefficient (Wildman–Crippen LogP) is 4.44. The SMILES string of the molecule is C=C[C@H]1COB2C=Cc3cc4c(cc3N21)C(C)(C)c1ccccc1-4. The Morgan fingerprint density at radius 1 is 1.21 bits per heavy atom. The number of nitrogens with zero attached hydrogens (tertiary/aromatic N) is 1. The van der Waals surface area contributed by atoms with Crippen LogP contribution in [0.4, 0.5) is 5.69 Å². The molecule has 1 atom stereocenters. The zero-order valence-corrected chi connectivity index (χ0v) is 14.1. The Morgan fingerprint density at radius 3 is 2.88 bits per heavy atom. The first-order chi connectivity index (χ1) is 11.6. The van der Waals surface area contributed by atoms with Gasteiger partial charge in [-0.05, 0) is 39.9 Å². The number of hydrogen-bond acceptors (Lipinski definition) is 2. The minimum Gasteiger partial charge on any atom is -0.411 e. The molecule has 2 heterocycles. The lowest BCUT2D eigenvalue weighted by Gasteiger charge is -2.32. The van der Waals surface area contributed by atoms with Crippen molar-refractivity contribution in [2.24, 2.45) is 0 Å². The highest BCUT2D eigenvalue weighted by Gasteiger charge is 2.41. The van der Waals surface area contributed by atoms with E-state index in [4.69, 9.17) is 4.65 Å². The van der Waals surface area contributed by atoms with E-state index in [9.17, 15) is 0 Å². The van der Waals surface area contributed by atoms with Crippen molar-refractivity contribution in [1.82, 2.24) is 0 Å². The van der Waals surface area contributed by atoms with Crippen molar-refractivity contribution in [1.29, 1.82) is 0 Å². The average molecular weight is 313 g/mol. The third-order valence-corrected chi connectivity index (χ3v) is 5.79. The molecule has 2 nitrogen and oxygen atoms in total. The Hall–Kier alpha value is -2.26. The lowest BCUT2D eigenvalue weighted by Crippen LogP contribution is -2.40. The normalized spacial score (nSPS) is 22.0. The molecule has 5 rings (SSSR count). The van der Waals surface area contributed by atoms with Crippen LogP contribution in [0.5, 0.6) is 0 Å². The smallest absolute Gasteiger partial charge is 0.411 e. The van der Waals surface area contributed by atoms with Gasteiger partial charge in [0.25, 0.3) is 0 Å². The number of rotatable bonds is 1. The van der Waals surface area contributed by atoms with Crippen LogP contribution in [0.2, 0.25) is 0 Å². The molecule has 0 saturated carbocycles. The maximum atomic E-state index is 5.92. The summed E-state index contributed by atoms with van der Waals surface area (Å²) < 4.78 is 5.92. The van der Waals surface area contributed by atoms with Crippen LogP contribution in [0.25, 0.3) is 17.2 Å². The molecule has 0 N–H and O–H groups in total. The summed E-state index contributed by atoms with van der Waals surface area (Å²) in [5.41, 5.74) is 8.13. The van der Waals surface area contributed by atoms with Crippen molar-refractivity contribution < 1.29 is 4.65 Å². The molecule has 0 aromatic heterocycles. The Morgan fingerprint density at radius 2 is 2.04 bits per heavy atom. The Labute approximate surface area is 143 Å². The molecule has 2 aromatic carbocycles. The highest BCUT2D eigenvalue weighted by Crippen LogP contribution is 2.51. The lowest BCUT2D eigenvalue weighted by molar-refractivity contribution is 0.360. The van der Waals surface area contributed by atoms with E-state index in [0.29, 0.717) is 6.61 Å². The molecule has 118 valence electrons. The van der Waals surface area contributed by atoms with Crippen LogP contribution in [0.15, 0.2) is 55.0 Å². The van der Waals surface area contributed by atoms with Crippen molar-refractivity contribution in [3.63, 3.8) is 0 Å². The van der Waals surface area contributed by atoms with Crippen LogP contribution < -0.4 is 4.81 Å². The second-order valence-electron chi connectivity index (χ2n) is 7.42. The molecule has 3 aliphatic rings. The Balaban J connectivity index is 1.75.